The predicted molar refractivity (Wildman–Crippen MR) is 61.2 cm³/mol. The summed E-state index contributed by atoms with van der Waals surface area (Å²) in [6.45, 7) is -0.0767. The fourth-order valence-electron chi connectivity index (χ4n) is 1.44. The van der Waals surface area contributed by atoms with E-state index in [9.17, 15) is 15.3 Å². The van der Waals surface area contributed by atoms with Crippen LogP contribution in [0.2, 0.25) is 0 Å². The van der Waals surface area contributed by atoms with Crippen molar-refractivity contribution in [3.05, 3.63) is 17.7 Å². The zero-order chi connectivity index (χ0) is 13.0. The monoisotopic (exact) mass is 243 g/mol. The minimum atomic E-state index is -1.16. The van der Waals surface area contributed by atoms with E-state index in [1.54, 1.807) is 0 Å². The molecule has 17 heavy (non-hydrogen) atoms. The fourth-order valence-corrected chi connectivity index (χ4v) is 1.44. The smallest absolute Gasteiger partial charge is 0.200 e. The van der Waals surface area contributed by atoms with Gasteiger partial charge in [-0.3, -0.25) is 0 Å². The molecule has 0 amide bonds. The van der Waals surface area contributed by atoms with Crippen LogP contribution in [0.1, 0.15) is 11.7 Å². The maximum atomic E-state index is 9.80. The average Bonchev–Trinajstić information content (AvgIpc) is 2.37. The Balaban J connectivity index is 3.17. The van der Waals surface area contributed by atoms with Crippen LogP contribution in [0.5, 0.6) is 17.2 Å². The summed E-state index contributed by atoms with van der Waals surface area (Å²) in [6.07, 6.45) is -2.25. The first-order chi connectivity index (χ1) is 8.04. The lowest BCUT2D eigenvalue weighted by Crippen LogP contribution is -2.27. The second kappa shape index (κ2) is 5.72. The first kappa shape index (κ1) is 13.6. The third kappa shape index (κ3) is 2.79. The molecule has 6 heteroatoms. The number of hydrogen-bond donors (Lipinski definition) is 4. The number of rotatable bonds is 5. The number of aliphatic hydroxyl groups excluding tert-OH is 2. The molecule has 96 valence electrons. The number of hydrogen-bond acceptors (Lipinski definition) is 6. The van der Waals surface area contributed by atoms with Crippen molar-refractivity contribution in [1.82, 2.24) is 0 Å². The molecule has 2 unspecified atom stereocenters. The highest BCUT2D eigenvalue weighted by Gasteiger charge is 2.21. The second-order valence-corrected chi connectivity index (χ2v) is 3.52. The number of methoxy groups -OCH3 is 2. The molecule has 0 spiro atoms. The summed E-state index contributed by atoms with van der Waals surface area (Å²) in [5.74, 6) is 0.151. The minimum Gasteiger partial charge on any atom is -0.502 e. The molecule has 0 saturated heterocycles. The van der Waals surface area contributed by atoms with Crippen LogP contribution in [0.3, 0.4) is 0 Å². The van der Waals surface area contributed by atoms with E-state index in [2.05, 4.69) is 0 Å². The maximum Gasteiger partial charge on any atom is 0.200 e. The van der Waals surface area contributed by atoms with Crippen molar-refractivity contribution < 1.29 is 24.8 Å². The molecule has 6 nitrogen and oxygen atoms in total. The Labute approximate surface area is 99.2 Å². The van der Waals surface area contributed by atoms with Crippen LogP contribution in [-0.4, -0.2) is 42.2 Å². The van der Waals surface area contributed by atoms with Crippen molar-refractivity contribution in [2.24, 2.45) is 5.73 Å². The average molecular weight is 243 g/mol. The summed E-state index contributed by atoms with van der Waals surface area (Å²) >= 11 is 0. The topological polar surface area (TPSA) is 105 Å². The van der Waals surface area contributed by atoms with E-state index in [1.165, 1.54) is 26.4 Å². The van der Waals surface area contributed by atoms with Gasteiger partial charge in [0.1, 0.15) is 6.10 Å². The summed E-state index contributed by atoms with van der Waals surface area (Å²) in [4.78, 5) is 0. The number of phenolic OH excluding ortho intramolecular Hbond substituents is 1. The largest absolute Gasteiger partial charge is 0.502 e. The van der Waals surface area contributed by atoms with Crippen LogP contribution < -0.4 is 15.2 Å². The van der Waals surface area contributed by atoms with Crippen molar-refractivity contribution in [3.8, 4) is 17.2 Å². The molecule has 1 aromatic carbocycles. The number of aliphatic hydroxyl groups is 2. The van der Waals surface area contributed by atoms with Gasteiger partial charge in [0.2, 0.25) is 5.75 Å². The molecule has 0 fully saturated rings. The van der Waals surface area contributed by atoms with Crippen LogP contribution in [0.25, 0.3) is 0 Å². The predicted octanol–water partition coefficient (Wildman–Crippen LogP) is -0.238. The van der Waals surface area contributed by atoms with Crippen molar-refractivity contribution >= 4 is 0 Å². The van der Waals surface area contributed by atoms with E-state index in [1.807, 2.05) is 0 Å². The Morgan fingerprint density at radius 2 is 1.65 bits per heavy atom. The number of aromatic hydroxyl groups is 1. The highest BCUT2D eigenvalue weighted by Crippen LogP contribution is 2.39. The molecular weight excluding hydrogens is 226 g/mol. The van der Waals surface area contributed by atoms with E-state index in [-0.39, 0.29) is 23.8 Å². The van der Waals surface area contributed by atoms with Gasteiger partial charge in [0.05, 0.1) is 20.3 Å². The van der Waals surface area contributed by atoms with Gasteiger partial charge in [-0.15, -0.1) is 0 Å². The van der Waals surface area contributed by atoms with Gasteiger partial charge in [-0.05, 0) is 17.7 Å². The van der Waals surface area contributed by atoms with E-state index < -0.39 is 12.2 Å². The Hall–Kier alpha value is -1.50. The van der Waals surface area contributed by atoms with Crippen LogP contribution in [0.4, 0.5) is 0 Å². The van der Waals surface area contributed by atoms with Gasteiger partial charge < -0.3 is 30.5 Å². The zero-order valence-electron chi connectivity index (χ0n) is 9.75. The van der Waals surface area contributed by atoms with Crippen molar-refractivity contribution in [2.45, 2.75) is 12.2 Å². The maximum absolute atomic E-state index is 9.80. The summed E-state index contributed by atoms with van der Waals surface area (Å²) < 4.78 is 9.88. The van der Waals surface area contributed by atoms with E-state index in [0.717, 1.165) is 0 Å². The van der Waals surface area contributed by atoms with Gasteiger partial charge in [-0.25, -0.2) is 0 Å². The molecule has 0 aliphatic rings. The van der Waals surface area contributed by atoms with Crippen LogP contribution >= 0.6 is 0 Å². The first-order valence-corrected chi connectivity index (χ1v) is 5.06. The molecule has 1 rings (SSSR count). The van der Waals surface area contributed by atoms with Crippen molar-refractivity contribution in [2.75, 3.05) is 20.8 Å². The normalized spacial score (nSPS) is 14.2. The lowest BCUT2D eigenvalue weighted by molar-refractivity contribution is 0.0241. The van der Waals surface area contributed by atoms with Gasteiger partial charge in [-0.2, -0.15) is 0 Å². The molecule has 0 saturated carbocycles. The highest BCUT2D eigenvalue weighted by atomic mass is 16.5. The molecule has 2 atom stereocenters. The molecule has 1 aromatic rings. The van der Waals surface area contributed by atoms with Gasteiger partial charge >= 0.3 is 0 Å². The Kier molecular flexibility index (Phi) is 4.56. The number of phenols is 1. The number of benzene rings is 1. The van der Waals surface area contributed by atoms with Crippen LogP contribution in [0.15, 0.2) is 12.1 Å². The van der Waals surface area contributed by atoms with E-state index >= 15 is 0 Å². The first-order valence-electron chi connectivity index (χ1n) is 5.06. The molecular formula is C11H17NO5. The standard InChI is InChI=1S/C11H17NO5/c1-16-8-3-6(10(14)7(13)5-12)4-9(17-2)11(8)15/h3-4,7,10,13-15H,5,12H2,1-2H3. The van der Waals surface area contributed by atoms with Crippen molar-refractivity contribution in [1.29, 1.82) is 0 Å². The van der Waals surface area contributed by atoms with Crippen LogP contribution in [-0.2, 0) is 0 Å². The summed E-state index contributed by atoms with van der Waals surface area (Å²) in [7, 11) is 2.76. The molecule has 0 bridgehead atoms. The Morgan fingerprint density at radius 3 is 2.00 bits per heavy atom. The lowest BCUT2D eigenvalue weighted by atomic mass is 10.0. The molecule has 0 aliphatic heterocycles. The van der Waals surface area contributed by atoms with Gasteiger partial charge in [0.25, 0.3) is 0 Å². The highest BCUT2D eigenvalue weighted by molar-refractivity contribution is 5.53. The number of nitrogens with two attached hydrogens (primary N) is 1. The number of ether oxygens (including phenoxy) is 2. The minimum absolute atomic E-state index is 0.0767. The summed E-state index contributed by atoms with van der Waals surface area (Å²) in [6, 6.07) is 2.84. The van der Waals surface area contributed by atoms with Crippen molar-refractivity contribution in [3.63, 3.8) is 0 Å². The summed E-state index contributed by atoms with van der Waals surface area (Å²) in [5.41, 5.74) is 5.62. The second-order valence-electron chi connectivity index (χ2n) is 3.52. The Bertz CT molecular complexity index is 357. The van der Waals surface area contributed by atoms with Gasteiger partial charge in [-0.1, -0.05) is 0 Å². The Morgan fingerprint density at radius 1 is 1.18 bits per heavy atom. The van der Waals surface area contributed by atoms with Gasteiger partial charge in [0, 0.05) is 6.54 Å². The third-order valence-corrected chi connectivity index (χ3v) is 2.45. The van der Waals surface area contributed by atoms with E-state index in [0.29, 0.717) is 5.56 Å². The zero-order valence-corrected chi connectivity index (χ0v) is 9.75. The molecule has 0 aliphatic carbocycles. The summed E-state index contributed by atoms with van der Waals surface area (Å²) in [5, 5.41) is 28.9. The SMILES string of the molecule is COc1cc(C(O)C(O)CN)cc(OC)c1O. The lowest BCUT2D eigenvalue weighted by Gasteiger charge is -2.18. The molecule has 5 N–H and O–H groups in total. The van der Waals surface area contributed by atoms with Crippen LogP contribution in [0, 0.1) is 0 Å². The molecule has 0 radical (unpaired) electrons. The third-order valence-electron chi connectivity index (χ3n) is 2.45. The quantitative estimate of drug-likeness (QED) is 0.569. The molecule has 0 heterocycles. The fraction of sp³-hybridized carbons (Fsp3) is 0.455. The van der Waals surface area contributed by atoms with E-state index in [4.69, 9.17) is 15.2 Å². The molecule has 0 aromatic heterocycles. The van der Waals surface area contributed by atoms with Gasteiger partial charge in [0.15, 0.2) is 11.5 Å².